The van der Waals surface area contributed by atoms with Crippen molar-refractivity contribution in [2.24, 2.45) is 4.99 Å². The number of carbonyl (C=O) groups excluding carboxylic acids is 1. The first kappa shape index (κ1) is 22.8. The van der Waals surface area contributed by atoms with E-state index in [2.05, 4.69) is 47.2 Å². The summed E-state index contributed by atoms with van der Waals surface area (Å²) >= 11 is 0. The van der Waals surface area contributed by atoms with Crippen LogP contribution in [0.4, 0.5) is 11.4 Å². The molecular weight excluding hydrogens is 456 g/mol. The van der Waals surface area contributed by atoms with E-state index < -0.39 is 0 Å². The lowest BCUT2D eigenvalue weighted by Crippen LogP contribution is -2.09. The van der Waals surface area contributed by atoms with Crippen LogP contribution < -0.4 is 10.2 Å². The van der Waals surface area contributed by atoms with E-state index >= 15 is 0 Å². The Kier molecular flexibility index (Phi) is 5.95. The molecule has 0 aliphatic heterocycles. The molecule has 0 atom stereocenters. The van der Waals surface area contributed by atoms with Gasteiger partial charge in [0.1, 0.15) is 11.2 Å². The predicted molar refractivity (Wildman–Crippen MR) is 141 cm³/mol. The number of aromatic amines is 2. The standard InChI is InChI=1S/C25H24N10O/c1-5-21(36)30-17-6-15(8-27-10-17)16-7-18-22(33-34-24(18)29-9-16)25-31-19-11-28-12-20(23(19)32-25)35(4)13-14(2)26-3/h6-13H,3,5H2,1-2,4H3,(H,30,36)(H,31,32)(H,29,33,34)/b14-13-. The van der Waals surface area contributed by atoms with Gasteiger partial charge in [0.25, 0.3) is 0 Å². The van der Waals surface area contributed by atoms with E-state index in [0.29, 0.717) is 29.3 Å². The highest BCUT2D eigenvalue weighted by molar-refractivity contribution is 5.96. The van der Waals surface area contributed by atoms with E-state index in [1.54, 1.807) is 37.9 Å². The average molecular weight is 481 g/mol. The van der Waals surface area contributed by atoms with Crippen LogP contribution >= 0.6 is 0 Å². The fourth-order valence-electron chi connectivity index (χ4n) is 3.84. The quantitative estimate of drug-likeness (QED) is 0.295. The average Bonchev–Trinajstić information content (AvgIpc) is 3.52. The Balaban J connectivity index is 1.56. The van der Waals surface area contributed by atoms with E-state index in [1.807, 2.05) is 37.2 Å². The van der Waals surface area contributed by atoms with Gasteiger partial charge in [-0.15, -0.1) is 0 Å². The topological polar surface area (TPSA) is 141 Å². The molecule has 5 aromatic rings. The molecule has 1 amide bonds. The number of aliphatic imine (C=N–C) groups is 1. The zero-order valence-electron chi connectivity index (χ0n) is 20.1. The highest BCUT2D eigenvalue weighted by Crippen LogP contribution is 2.31. The number of anilines is 2. The number of hydrogen-bond acceptors (Lipinski definition) is 8. The maximum atomic E-state index is 11.8. The molecular formula is C25H24N10O. The van der Waals surface area contributed by atoms with Gasteiger partial charge in [-0.1, -0.05) is 6.92 Å². The number of fused-ring (bicyclic) bond motifs is 2. The van der Waals surface area contributed by atoms with E-state index in [4.69, 9.17) is 4.98 Å². The minimum Gasteiger partial charge on any atom is -0.346 e. The first-order valence-corrected chi connectivity index (χ1v) is 11.3. The van der Waals surface area contributed by atoms with Crippen molar-refractivity contribution in [2.75, 3.05) is 17.3 Å². The Morgan fingerprint density at radius 2 is 1.97 bits per heavy atom. The molecule has 0 aromatic carbocycles. The minimum absolute atomic E-state index is 0.0737. The third kappa shape index (κ3) is 4.29. The second-order valence-corrected chi connectivity index (χ2v) is 8.24. The Morgan fingerprint density at radius 3 is 2.78 bits per heavy atom. The summed E-state index contributed by atoms with van der Waals surface area (Å²) in [7, 11) is 1.91. The molecule has 0 aliphatic rings. The number of H-pyrrole nitrogens is 2. The van der Waals surface area contributed by atoms with Gasteiger partial charge >= 0.3 is 0 Å². The van der Waals surface area contributed by atoms with Crippen molar-refractivity contribution in [1.82, 2.24) is 35.1 Å². The molecule has 180 valence electrons. The van der Waals surface area contributed by atoms with Crippen molar-refractivity contribution in [2.45, 2.75) is 20.3 Å². The molecule has 0 spiro atoms. The summed E-state index contributed by atoms with van der Waals surface area (Å²) in [6, 6.07) is 3.84. The van der Waals surface area contributed by atoms with Crippen molar-refractivity contribution in [3.63, 3.8) is 0 Å². The molecule has 36 heavy (non-hydrogen) atoms. The van der Waals surface area contributed by atoms with Crippen LogP contribution in [0.5, 0.6) is 0 Å². The molecule has 0 unspecified atom stereocenters. The van der Waals surface area contributed by atoms with Crippen molar-refractivity contribution >= 4 is 46.1 Å². The summed E-state index contributed by atoms with van der Waals surface area (Å²) in [5.74, 6) is 0.536. The van der Waals surface area contributed by atoms with E-state index in [-0.39, 0.29) is 5.91 Å². The molecule has 5 heterocycles. The van der Waals surface area contributed by atoms with E-state index in [1.165, 1.54) is 0 Å². The molecule has 5 rings (SSSR count). The number of rotatable bonds is 7. The van der Waals surface area contributed by atoms with Gasteiger partial charge in [-0.25, -0.2) is 9.97 Å². The van der Waals surface area contributed by atoms with Gasteiger partial charge in [0.2, 0.25) is 5.91 Å². The first-order valence-electron chi connectivity index (χ1n) is 11.3. The van der Waals surface area contributed by atoms with Crippen LogP contribution in [0, 0.1) is 0 Å². The van der Waals surface area contributed by atoms with Gasteiger partial charge in [-0.05, 0) is 25.8 Å². The van der Waals surface area contributed by atoms with Crippen molar-refractivity contribution in [1.29, 1.82) is 0 Å². The van der Waals surface area contributed by atoms with Gasteiger partial charge in [-0.3, -0.25) is 24.9 Å². The minimum atomic E-state index is -0.0737. The van der Waals surface area contributed by atoms with Crippen LogP contribution in [-0.4, -0.2) is 54.8 Å². The number of hydrogen-bond donors (Lipinski definition) is 3. The molecule has 3 N–H and O–H groups in total. The largest absolute Gasteiger partial charge is 0.346 e. The lowest BCUT2D eigenvalue weighted by Gasteiger charge is -2.14. The number of imidazole rings is 1. The summed E-state index contributed by atoms with van der Waals surface area (Å²) in [5, 5.41) is 11.0. The van der Waals surface area contributed by atoms with Crippen LogP contribution in [0.25, 0.3) is 44.7 Å². The fourth-order valence-corrected chi connectivity index (χ4v) is 3.84. The third-order valence-electron chi connectivity index (χ3n) is 5.71. The van der Waals surface area contributed by atoms with Gasteiger partial charge < -0.3 is 15.2 Å². The van der Waals surface area contributed by atoms with Gasteiger partial charge in [0.05, 0.1) is 46.6 Å². The van der Waals surface area contributed by atoms with Crippen molar-refractivity contribution < 1.29 is 4.79 Å². The van der Waals surface area contributed by atoms with Gasteiger partial charge in [-0.2, -0.15) is 5.10 Å². The van der Waals surface area contributed by atoms with Crippen molar-refractivity contribution in [3.05, 3.63) is 55.0 Å². The highest BCUT2D eigenvalue weighted by atomic mass is 16.1. The summed E-state index contributed by atoms with van der Waals surface area (Å²) in [4.78, 5) is 38.9. The second kappa shape index (κ2) is 9.37. The molecule has 11 nitrogen and oxygen atoms in total. The summed E-state index contributed by atoms with van der Waals surface area (Å²) in [5.41, 5.74) is 6.67. The fraction of sp³-hybridized carbons (Fsp3) is 0.160. The zero-order chi connectivity index (χ0) is 25.2. The lowest BCUT2D eigenvalue weighted by atomic mass is 10.1. The number of nitrogens with one attached hydrogen (secondary N) is 3. The Hall–Kier alpha value is -4.93. The van der Waals surface area contributed by atoms with Gasteiger partial charge in [0, 0.05) is 43.2 Å². The van der Waals surface area contributed by atoms with Crippen LogP contribution in [-0.2, 0) is 4.79 Å². The number of pyridine rings is 3. The third-order valence-corrected chi connectivity index (χ3v) is 5.71. The normalized spacial score (nSPS) is 11.7. The van der Waals surface area contributed by atoms with Crippen molar-refractivity contribution in [3.8, 4) is 22.6 Å². The number of carbonyl (C=O) groups is 1. The zero-order valence-corrected chi connectivity index (χ0v) is 20.1. The number of nitrogens with zero attached hydrogens (tertiary/aromatic N) is 7. The molecule has 0 bridgehead atoms. The predicted octanol–water partition coefficient (Wildman–Crippen LogP) is 4.30. The molecule has 0 aliphatic carbocycles. The summed E-state index contributed by atoms with van der Waals surface area (Å²) < 4.78 is 0. The van der Waals surface area contributed by atoms with Crippen LogP contribution in [0.1, 0.15) is 20.3 Å². The summed E-state index contributed by atoms with van der Waals surface area (Å²) in [6.45, 7) is 7.24. The first-order chi connectivity index (χ1) is 17.5. The number of aromatic nitrogens is 7. The molecule has 0 radical (unpaired) electrons. The van der Waals surface area contributed by atoms with Crippen LogP contribution in [0.2, 0.25) is 0 Å². The lowest BCUT2D eigenvalue weighted by molar-refractivity contribution is -0.115. The van der Waals surface area contributed by atoms with Crippen LogP contribution in [0.15, 0.2) is 60.0 Å². The second-order valence-electron chi connectivity index (χ2n) is 8.24. The highest BCUT2D eigenvalue weighted by Gasteiger charge is 2.17. The Bertz CT molecular complexity index is 1630. The smallest absolute Gasteiger partial charge is 0.224 e. The Labute approximate surface area is 206 Å². The molecule has 0 saturated heterocycles. The number of allylic oxidation sites excluding steroid dienone is 1. The molecule has 11 heteroatoms. The number of amides is 1. The van der Waals surface area contributed by atoms with E-state index in [9.17, 15) is 4.79 Å². The van der Waals surface area contributed by atoms with E-state index in [0.717, 1.165) is 38.9 Å². The summed E-state index contributed by atoms with van der Waals surface area (Å²) in [6.07, 6.45) is 10.8. The SMILES string of the molecule is C=N/C(C)=C\N(C)c1cncc2[nH]c(-c3[nH]nc4ncc(-c5cncc(NC(=O)CC)c5)cc34)nc12. The molecule has 0 saturated carbocycles. The maximum Gasteiger partial charge on any atom is 0.224 e. The van der Waals surface area contributed by atoms with Gasteiger partial charge in [0.15, 0.2) is 11.5 Å². The maximum absolute atomic E-state index is 11.8. The molecule has 0 fully saturated rings. The molecule has 5 aromatic heterocycles. The van der Waals surface area contributed by atoms with Crippen LogP contribution in [0.3, 0.4) is 0 Å². The Morgan fingerprint density at radius 1 is 1.17 bits per heavy atom. The monoisotopic (exact) mass is 480 g/mol.